The van der Waals surface area contributed by atoms with E-state index in [1.807, 2.05) is 36.6 Å². The Balaban J connectivity index is 1.88. The largest absolute Gasteiger partial charge is 0.350 e. The molecule has 1 atom stereocenters. The van der Waals surface area contributed by atoms with Crippen molar-refractivity contribution in [3.05, 3.63) is 70.7 Å². The molecule has 1 unspecified atom stereocenters. The van der Waals surface area contributed by atoms with Crippen molar-refractivity contribution < 1.29 is 14.4 Å². The standard InChI is InChI=1S/C21H24ClN3O3S/c1-29-12-11-18(25-20(27)16-9-5-6-10-17(16)22)21(28)24-14-19(26)23-13-15-7-3-2-4-8-15/h2-10,18H,11-14H2,1H3,(H,23,26)(H,24,28)(H,25,27). The lowest BCUT2D eigenvalue weighted by Crippen LogP contribution is -2.49. The molecule has 0 aromatic heterocycles. The number of halogens is 1. The Morgan fingerprint density at radius 3 is 2.38 bits per heavy atom. The van der Waals surface area contributed by atoms with Gasteiger partial charge >= 0.3 is 0 Å². The second kappa shape index (κ2) is 12.1. The third-order valence-corrected chi connectivity index (χ3v) is 5.08. The molecule has 0 saturated heterocycles. The SMILES string of the molecule is CSCCC(NC(=O)c1ccccc1Cl)C(=O)NCC(=O)NCc1ccccc1. The van der Waals surface area contributed by atoms with E-state index < -0.39 is 17.9 Å². The fourth-order valence-electron chi connectivity index (χ4n) is 2.54. The van der Waals surface area contributed by atoms with Crippen molar-refractivity contribution in [1.82, 2.24) is 16.0 Å². The number of nitrogens with one attached hydrogen (secondary N) is 3. The highest BCUT2D eigenvalue weighted by Crippen LogP contribution is 2.15. The molecule has 0 aliphatic rings. The van der Waals surface area contributed by atoms with Gasteiger partial charge in [0.05, 0.1) is 17.1 Å². The van der Waals surface area contributed by atoms with Crippen molar-refractivity contribution in [3.8, 4) is 0 Å². The maximum atomic E-state index is 12.5. The summed E-state index contributed by atoms with van der Waals surface area (Å²) in [5, 5.41) is 8.36. The maximum Gasteiger partial charge on any atom is 0.253 e. The number of hydrogen-bond donors (Lipinski definition) is 3. The van der Waals surface area contributed by atoms with Crippen LogP contribution in [0.25, 0.3) is 0 Å². The lowest BCUT2D eigenvalue weighted by atomic mass is 10.1. The summed E-state index contributed by atoms with van der Waals surface area (Å²) < 4.78 is 0. The second-order valence-corrected chi connectivity index (χ2v) is 7.66. The molecule has 29 heavy (non-hydrogen) atoms. The number of carbonyl (C=O) groups excluding carboxylic acids is 3. The minimum atomic E-state index is -0.756. The molecule has 0 fully saturated rings. The van der Waals surface area contributed by atoms with Crippen LogP contribution in [0.15, 0.2) is 54.6 Å². The fraction of sp³-hybridized carbons (Fsp3) is 0.286. The van der Waals surface area contributed by atoms with Crippen LogP contribution in [-0.2, 0) is 16.1 Å². The highest BCUT2D eigenvalue weighted by molar-refractivity contribution is 7.98. The van der Waals surface area contributed by atoms with Gasteiger partial charge in [0.15, 0.2) is 0 Å². The van der Waals surface area contributed by atoms with Gasteiger partial charge in [0, 0.05) is 6.54 Å². The molecule has 2 aromatic carbocycles. The zero-order chi connectivity index (χ0) is 21.1. The number of hydrogen-bond acceptors (Lipinski definition) is 4. The molecule has 2 aromatic rings. The van der Waals surface area contributed by atoms with Crippen LogP contribution >= 0.6 is 23.4 Å². The average molecular weight is 434 g/mol. The van der Waals surface area contributed by atoms with E-state index in [1.165, 1.54) is 0 Å². The topological polar surface area (TPSA) is 87.3 Å². The summed E-state index contributed by atoms with van der Waals surface area (Å²) in [4.78, 5) is 37.0. The molecule has 6 nitrogen and oxygen atoms in total. The summed E-state index contributed by atoms with van der Waals surface area (Å²) in [6, 6.07) is 15.4. The van der Waals surface area contributed by atoms with Crippen LogP contribution in [0, 0.1) is 0 Å². The Morgan fingerprint density at radius 1 is 1.00 bits per heavy atom. The van der Waals surface area contributed by atoms with Gasteiger partial charge in [-0.1, -0.05) is 54.1 Å². The van der Waals surface area contributed by atoms with Crippen LogP contribution in [0.3, 0.4) is 0 Å². The molecule has 2 rings (SSSR count). The molecule has 0 spiro atoms. The molecule has 0 saturated carbocycles. The molecule has 0 aliphatic heterocycles. The fourth-order valence-corrected chi connectivity index (χ4v) is 3.23. The minimum Gasteiger partial charge on any atom is -0.350 e. The minimum absolute atomic E-state index is 0.163. The predicted octanol–water partition coefficient (Wildman–Crippen LogP) is 2.62. The predicted molar refractivity (Wildman–Crippen MR) is 117 cm³/mol. The van der Waals surface area contributed by atoms with Crippen molar-refractivity contribution in [2.45, 2.75) is 19.0 Å². The quantitative estimate of drug-likeness (QED) is 0.537. The van der Waals surface area contributed by atoms with Gasteiger partial charge in [-0.05, 0) is 36.1 Å². The van der Waals surface area contributed by atoms with Gasteiger partial charge in [-0.2, -0.15) is 11.8 Å². The third kappa shape index (κ3) is 7.79. The van der Waals surface area contributed by atoms with Crippen molar-refractivity contribution in [3.63, 3.8) is 0 Å². The Hall–Kier alpha value is -2.51. The Bertz CT molecular complexity index is 833. The molecule has 0 bridgehead atoms. The van der Waals surface area contributed by atoms with Crippen LogP contribution < -0.4 is 16.0 Å². The molecule has 3 amide bonds. The van der Waals surface area contributed by atoms with Crippen LogP contribution in [-0.4, -0.2) is 42.3 Å². The number of thioether (sulfide) groups is 1. The normalized spacial score (nSPS) is 11.4. The van der Waals surface area contributed by atoms with Crippen LogP contribution in [0.2, 0.25) is 5.02 Å². The van der Waals surface area contributed by atoms with Crippen LogP contribution in [0.5, 0.6) is 0 Å². The summed E-state index contributed by atoms with van der Waals surface area (Å²) in [5.74, 6) is -0.455. The summed E-state index contributed by atoms with van der Waals surface area (Å²) >= 11 is 7.62. The molecule has 0 aliphatic carbocycles. The maximum absolute atomic E-state index is 12.5. The van der Waals surface area contributed by atoms with E-state index in [9.17, 15) is 14.4 Å². The lowest BCUT2D eigenvalue weighted by Gasteiger charge is -2.18. The molecule has 154 valence electrons. The van der Waals surface area contributed by atoms with Gasteiger partial charge in [-0.3, -0.25) is 14.4 Å². The Labute approximate surface area is 179 Å². The van der Waals surface area contributed by atoms with Gasteiger partial charge in [0.2, 0.25) is 11.8 Å². The van der Waals surface area contributed by atoms with Gasteiger partial charge < -0.3 is 16.0 Å². The molecular weight excluding hydrogens is 410 g/mol. The van der Waals surface area contributed by atoms with Gasteiger partial charge in [-0.25, -0.2) is 0 Å². The lowest BCUT2D eigenvalue weighted by molar-refractivity contribution is -0.127. The summed E-state index contributed by atoms with van der Waals surface area (Å²) in [5.41, 5.74) is 1.27. The number of benzene rings is 2. The Kier molecular flexibility index (Phi) is 9.53. The van der Waals surface area contributed by atoms with Crippen molar-refractivity contribution in [2.75, 3.05) is 18.6 Å². The van der Waals surface area contributed by atoms with Crippen molar-refractivity contribution in [1.29, 1.82) is 0 Å². The first kappa shape index (κ1) is 22.8. The van der Waals surface area contributed by atoms with Gasteiger partial charge in [-0.15, -0.1) is 0 Å². The van der Waals surface area contributed by atoms with Gasteiger partial charge in [0.1, 0.15) is 6.04 Å². The van der Waals surface area contributed by atoms with E-state index in [-0.39, 0.29) is 12.5 Å². The third-order valence-electron chi connectivity index (χ3n) is 4.11. The van der Waals surface area contributed by atoms with E-state index in [1.54, 1.807) is 36.0 Å². The second-order valence-electron chi connectivity index (χ2n) is 6.27. The zero-order valence-electron chi connectivity index (χ0n) is 16.1. The van der Waals surface area contributed by atoms with Gasteiger partial charge in [0.25, 0.3) is 5.91 Å². The smallest absolute Gasteiger partial charge is 0.253 e. The highest BCUT2D eigenvalue weighted by atomic mass is 35.5. The van der Waals surface area contributed by atoms with Crippen LogP contribution in [0.1, 0.15) is 22.3 Å². The molecular formula is C21H24ClN3O3S. The summed E-state index contributed by atoms with van der Waals surface area (Å²) in [6.07, 6.45) is 2.36. The van der Waals surface area contributed by atoms with Crippen LogP contribution in [0.4, 0.5) is 0 Å². The molecule has 0 heterocycles. The summed E-state index contributed by atoms with van der Waals surface area (Å²) in [6.45, 7) is 0.220. The first-order chi connectivity index (χ1) is 14.0. The summed E-state index contributed by atoms with van der Waals surface area (Å²) in [7, 11) is 0. The van der Waals surface area contributed by atoms with E-state index in [4.69, 9.17) is 11.6 Å². The first-order valence-electron chi connectivity index (χ1n) is 9.14. The van der Waals surface area contributed by atoms with E-state index in [2.05, 4.69) is 16.0 Å². The number of rotatable bonds is 10. The molecule has 3 N–H and O–H groups in total. The van der Waals surface area contributed by atoms with E-state index in [0.717, 1.165) is 5.56 Å². The Morgan fingerprint density at radius 2 is 1.69 bits per heavy atom. The van der Waals surface area contributed by atoms with Crippen molar-refractivity contribution >= 4 is 41.1 Å². The van der Waals surface area contributed by atoms with Crippen molar-refractivity contribution in [2.24, 2.45) is 0 Å². The van der Waals surface area contributed by atoms with E-state index >= 15 is 0 Å². The number of carbonyl (C=O) groups is 3. The molecule has 0 radical (unpaired) electrons. The first-order valence-corrected chi connectivity index (χ1v) is 10.9. The zero-order valence-corrected chi connectivity index (χ0v) is 17.7. The highest BCUT2D eigenvalue weighted by Gasteiger charge is 2.22. The average Bonchev–Trinajstić information content (AvgIpc) is 2.74. The van der Waals surface area contributed by atoms with E-state index in [0.29, 0.717) is 29.3 Å². The molecule has 8 heteroatoms. The monoisotopic (exact) mass is 433 g/mol. The number of amides is 3.